The van der Waals surface area contributed by atoms with Crippen LogP contribution in [0.4, 0.5) is 4.79 Å². The largest absolute Gasteiger partial charge is 0.445 e. The topological polar surface area (TPSA) is 67.0 Å². The Kier molecular flexibility index (Phi) is 4.37. The molecule has 23 heavy (non-hydrogen) atoms. The van der Waals surface area contributed by atoms with Gasteiger partial charge in [-0.05, 0) is 37.8 Å². The number of aromatic nitrogens is 2. The molecule has 0 saturated heterocycles. The second-order valence-corrected chi connectivity index (χ2v) is 6.60. The van der Waals surface area contributed by atoms with E-state index in [1.165, 1.54) is 12.8 Å². The average molecular weight is 313 g/mol. The molecule has 0 spiro atoms. The molecule has 2 N–H and O–H groups in total. The van der Waals surface area contributed by atoms with E-state index in [2.05, 4.69) is 15.5 Å². The van der Waals surface area contributed by atoms with Crippen molar-refractivity contribution in [1.82, 2.24) is 15.5 Å². The van der Waals surface area contributed by atoms with Gasteiger partial charge in [-0.2, -0.15) is 5.10 Å². The zero-order valence-electron chi connectivity index (χ0n) is 13.6. The normalized spacial score (nSPS) is 16.6. The van der Waals surface area contributed by atoms with Crippen LogP contribution in [0.25, 0.3) is 0 Å². The zero-order chi connectivity index (χ0) is 16.3. The highest BCUT2D eigenvalue weighted by atomic mass is 16.5. The summed E-state index contributed by atoms with van der Waals surface area (Å²) in [4.78, 5) is 12.2. The number of H-pyrrole nitrogens is 1. The molecule has 2 aromatic rings. The number of amides is 1. The SMILES string of the molecule is Cc1cc(C(C)(CC2CC2)NC(=O)OCc2ccccc2)n[nH]1. The Labute approximate surface area is 136 Å². The minimum absolute atomic E-state index is 0.270. The highest BCUT2D eigenvalue weighted by Crippen LogP contribution is 2.40. The van der Waals surface area contributed by atoms with E-state index in [1.54, 1.807) is 0 Å². The maximum atomic E-state index is 12.2. The van der Waals surface area contributed by atoms with Crippen molar-refractivity contribution in [2.75, 3.05) is 0 Å². The fourth-order valence-corrected chi connectivity index (χ4v) is 2.80. The maximum absolute atomic E-state index is 12.2. The molecule has 1 heterocycles. The smallest absolute Gasteiger partial charge is 0.408 e. The number of hydrogen-bond donors (Lipinski definition) is 2. The summed E-state index contributed by atoms with van der Waals surface area (Å²) >= 11 is 0. The molecule has 1 aromatic heterocycles. The molecule has 1 atom stereocenters. The summed E-state index contributed by atoms with van der Waals surface area (Å²) in [6.45, 7) is 4.25. The van der Waals surface area contributed by atoms with Crippen LogP contribution in [0.5, 0.6) is 0 Å². The van der Waals surface area contributed by atoms with Crippen LogP contribution in [0.15, 0.2) is 36.4 Å². The Morgan fingerprint density at radius 2 is 2.13 bits per heavy atom. The minimum Gasteiger partial charge on any atom is -0.445 e. The number of aromatic amines is 1. The number of carbonyl (C=O) groups is 1. The first-order valence-corrected chi connectivity index (χ1v) is 8.06. The van der Waals surface area contributed by atoms with E-state index in [1.807, 2.05) is 50.2 Å². The standard InChI is InChI=1S/C18H23N3O2/c1-13-10-16(21-20-13)18(2,11-14-8-9-14)19-17(22)23-12-15-6-4-3-5-7-15/h3-7,10,14H,8-9,11-12H2,1-2H3,(H,19,22)(H,20,21). The van der Waals surface area contributed by atoms with Gasteiger partial charge < -0.3 is 10.1 Å². The van der Waals surface area contributed by atoms with Crippen molar-refractivity contribution in [3.05, 3.63) is 53.3 Å². The molecule has 1 saturated carbocycles. The molecule has 1 fully saturated rings. The van der Waals surface area contributed by atoms with Crippen LogP contribution in [-0.2, 0) is 16.9 Å². The van der Waals surface area contributed by atoms with E-state index in [-0.39, 0.29) is 6.61 Å². The summed E-state index contributed by atoms with van der Waals surface area (Å²) in [5.74, 6) is 0.659. The fourth-order valence-electron chi connectivity index (χ4n) is 2.80. The molecule has 122 valence electrons. The second-order valence-electron chi connectivity index (χ2n) is 6.60. The molecule has 1 unspecified atom stereocenters. The van der Waals surface area contributed by atoms with Gasteiger partial charge in [0.1, 0.15) is 6.61 Å². The van der Waals surface area contributed by atoms with Gasteiger partial charge in [0.2, 0.25) is 0 Å². The summed E-state index contributed by atoms with van der Waals surface area (Å²) in [5, 5.41) is 10.3. The molecular formula is C18H23N3O2. The Balaban J connectivity index is 1.64. The minimum atomic E-state index is -0.500. The molecule has 5 heteroatoms. The van der Waals surface area contributed by atoms with Gasteiger partial charge in [-0.3, -0.25) is 5.10 Å². The number of carbonyl (C=O) groups excluding carboxylic acids is 1. The van der Waals surface area contributed by atoms with Crippen molar-refractivity contribution < 1.29 is 9.53 Å². The van der Waals surface area contributed by atoms with Gasteiger partial charge in [0.15, 0.2) is 0 Å². The summed E-state index contributed by atoms with van der Waals surface area (Å²) in [5.41, 5.74) is 2.32. The van der Waals surface area contributed by atoms with Crippen LogP contribution in [0, 0.1) is 12.8 Å². The van der Waals surface area contributed by atoms with E-state index in [9.17, 15) is 4.79 Å². The van der Waals surface area contributed by atoms with Gasteiger partial charge in [0.05, 0.1) is 11.2 Å². The van der Waals surface area contributed by atoms with Crippen molar-refractivity contribution >= 4 is 6.09 Å². The highest BCUT2D eigenvalue weighted by molar-refractivity contribution is 5.68. The van der Waals surface area contributed by atoms with E-state index >= 15 is 0 Å². The number of hydrogen-bond acceptors (Lipinski definition) is 3. The predicted octanol–water partition coefficient (Wildman–Crippen LogP) is 3.66. The lowest BCUT2D eigenvalue weighted by Gasteiger charge is -2.28. The molecule has 1 aliphatic rings. The van der Waals surface area contributed by atoms with Crippen molar-refractivity contribution in [2.24, 2.45) is 5.92 Å². The quantitative estimate of drug-likeness (QED) is 0.855. The Morgan fingerprint density at radius 1 is 1.39 bits per heavy atom. The molecule has 0 radical (unpaired) electrons. The third-order valence-electron chi connectivity index (χ3n) is 4.26. The molecule has 1 aliphatic carbocycles. The summed E-state index contributed by atoms with van der Waals surface area (Å²) in [6, 6.07) is 11.7. The molecule has 3 rings (SSSR count). The van der Waals surface area contributed by atoms with Crippen molar-refractivity contribution in [3.63, 3.8) is 0 Å². The molecular weight excluding hydrogens is 290 g/mol. The lowest BCUT2D eigenvalue weighted by atomic mass is 9.91. The number of benzene rings is 1. The first kappa shape index (κ1) is 15.6. The maximum Gasteiger partial charge on any atom is 0.408 e. The number of rotatable bonds is 6. The number of aryl methyl sites for hydroxylation is 1. The van der Waals surface area contributed by atoms with Gasteiger partial charge in [0.25, 0.3) is 0 Å². The molecule has 0 bridgehead atoms. The highest BCUT2D eigenvalue weighted by Gasteiger charge is 2.38. The van der Waals surface area contributed by atoms with Crippen LogP contribution in [0.1, 0.15) is 43.1 Å². The first-order chi connectivity index (χ1) is 11.0. The molecule has 1 amide bonds. The van der Waals surface area contributed by atoms with Crippen molar-refractivity contribution in [2.45, 2.75) is 45.3 Å². The predicted molar refractivity (Wildman–Crippen MR) is 87.8 cm³/mol. The van der Waals surface area contributed by atoms with Crippen LogP contribution in [0.3, 0.4) is 0 Å². The van der Waals surface area contributed by atoms with Gasteiger partial charge in [-0.1, -0.05) is 43.2 Å². The Hall–Kier alpha value is -2.30. The lowest BCUT2D eigenvalue weighted by Crippen LogP contribution is -2.44. The van der Waals surface area contributed by atoms with E-state index < -0.39 is 11.6 Å². The lowest BCUT2D eigenvalue weighted by molar-refractivity contribution is 0.124. The number of nitrogens with zero attached hydrogens (tertiary/aromatic N) is 1. The number of nitrogens with one attached hydrogen (secondary N) is 2. The van der Waals surface area contributed by atoms with Crippen molar-refractivity contribution in [1.29, 1.82) is 0 Å². The second kappa shape index (κ2) is 6.44. The Bertz CT molecular complexity index is 664. The van der Waals surface area contributed by atoms with Gasteiger partial charge >= 0.3 is 6.09 Å². The summed E-state index contributed by atoms with van der Waals surface area (Å²) < 4.78 is 5.37. The van der Waals surface area contributed by atoms with E-state index in [0.29, 0.717) is 5.92 Å². The number of ether oxygens (including phenoxy) is 1. The third kappa shape index (κ3) is 4.12. The van der Waals surface area contributed by atoms with Crippen LogP contribution in [0.2, 0.25) is 0 Å². The van der Waals surface area contributed by atoms with Gasteiger partial charge in [0, 0.05) is 5.69 Å². The zero-order valence-corrected chi connectivity index (χ0v) is 13.6. The van der Waals surface area contributed by atoms with Crippen molar-refractivity contribution in [3.8, 4) is 0 Å². The third-order valence-corrected chi connectivity index (χ3v) is 4.26. The fraction of sp³-hybridized carbons (Fsp3) is 0.444. The molecule has 0 aliphatic heterocycles. The van der Waals surface area contributed by atoms with Crippen LogP contribution < -0.4 is 5.32 Å². The summed E-state index contributed by atoms with van der Waals surface area (Å²) in [7, 11) is 0. The van der Waals surface area contributed by atoms with Crippen LogP contribution >= 0.6 is 0 Å². The van der Waals surface area contributed by atoms with Crippen LogP contribution in [-0.4, -0.2) is 16.3 Å². The molecule has 1 aromatic carbocycles. The monoisotopic (exact) mass is 313 g/mol. The van der Waals surface area contributed by atoms with E-state index in [4.69, 9.17) is 4.74 Å². The van der Waals surface area contributed by atoms with Gasteiger partial charge in [-0.15, -0.1) is 0 Å². The summed E-state index contributed by atoms with van der Waals surface area (Å²) in [6.07, 6.45) is 2.93. The number of alkyl carbamates (subject to hydrolysis) is 1. The first-order valence-electron chi connectivity index (χ1n) is 8.06. The van der Waals surface area contributed by atoms with E-state index in [0.717, 1.165) is 23.4 Å². The Morgan fingerprint density at radius 3 is 2.74 bits per heavy atom. The van der Waals surface area contributed by atoms with Gasteiger partial charge in [-0.25, -0.2) is 4.79 Å². The average Bonchev–Trinajstić information content (AvgIpc) is 3.22. The molecule has 5 nitrogen and oxygen atoms in total.